The summed E-state index contributed by atoms with van der Waals surface area (Å²) in [5, 5.41) is 1.05. The van der Waals surface area contributed by atoms with Gasteiger partial charge in [0.1, 0.15) is 12.3 Å². The molecule has 1 aromatic carbocycles. The zero-order valence-corrected chi connectivity index (χ0v) is 16.3. The van der Waals surface area contributed by atoms with Crippen molar-refractivity contribution in [1.29, 1.82) is 0 Å². The number of benzene rings is 1. The molecule has 0 bridgehead atoms. The second kappa shape index (κ2) is 8.91. The van der Waals surface area contributed by atoms with Gasteiger partial charge in [0, 0.05) is 24.7 Å². The maximum atomic E-state index is 12.9. The van der Waals surface area contributed by atoms with Crippen LogP contribution in [0.25, 0.3) is 10.8 Å². The van der Waals surface area contributed by atoms with Crippen LogP contribution in [0.3, 0.4) is 0 Å². The van der Waals surface area contributed by atoms with Gasteiger partial charge in [-0.15, -0.1) is 0 Å². The van der Waals surface area contributed by atoms with Gasteiger partial charge in [0.2, 0.25) is 5.91 Å². The number of esters is 1. The first-order valence-corrected chi connectivity index (χ1v) is 9.74. The summed E-state index contributed by atoms with van der Waals surface area (Å²) in [6, 6.07) is 6.85. The van der Waals surface area contributed by atoms with Crippen LogP contribution in [-0.2, 0) is 20.9 Å². The number of hydrogen-bond donors (Lipinski definition) is 0. The molecule has 1 saturated heterocycles. The molecule has 2 heterocycles. The molecule has 0 radical (unpaired) electrons. The van der Waals surface area contributed by atoms with E-state index in [-0.39, 0.29) is 24.6 Å². The lowest BCUT2D eigenvalue weighted by Crippen LogP contribution is -2.39. The van der Waals surface area contributed by atoms with Gasteiger partial charge >= 0.3 is 5.97 Å². The van der Waals surface area contributed by atoms with E-state index in [1.807, 2.05) is 4.90 Å². The van der Waals surface area contributed by atoms with Crippen LogP contribution in [-0.4, -0.2) is 47.1 Å². The van der Waals surface area contributed by atoms with Gasteiger partial charge in [-0.3, -0.25) is 9.59 Å². The highest BCUT2D eigenvalue weighted by atomic mass is 16.6. The lowest BCUT2D eigenvalue weighted by Gasteiger charge is -2.27. The molecule has 3 rings (SSSR count). The fourth-order valence-corrected chi connectivity index (χ4v) is 3.40. The van der Waals surface area contributed by atoms with Gasteiger partial charge in [-0.1, -0.05) is 6.07 Å². The van der Waals surface area contributed by atoms with Crippen molar-refractivity contribution in [2.24, 2.45) is 0 Å². The van der Waals surface area contributed by atoms with Crippen molar-refractivity contribution in [3.05, 3.63) is 40.8 Å². The van der Waals surface area contributed by atoms with E-state index in [2.05, 4.69) is 0 Å². The largest absolute Gasteiger partial charge is 0.478 e. The Morgan fingerprint density at radius 1 is 1.11 bits per heavy atom. The molecule has 1 aromatic heterocycles. The van der Waals surface area contributed by atoms with Gasteiger partial charge in [0.05, 0.1) is 12.0 Å². The second-order valence-electron chi connectivity index (χ2n) is 6.92. The van der Waals surface area contributed by atoms with Crippen molar-refractivity contribution in [1.82, 2.24) is 9.47 Å². The number of rotatable bonds is 6. The molecule has 1 fully saturated rings. The van der Waals surface area contributed by atoms with Crippen LogP contribution in [0.5, 0.6) is 5.75 Å². The minimum atomic E-state index is -0.784. The Hall–Kier alpha value is -2.83. The number of amides is 1. The summed E-state index contributed by atoms with van der Waals surface area (Å²) >= 11 is 0. The van der Waals surface area contributed by atoms with E-state index >= 15 is 0 Å². The van der Waals surface area contributed by atoms with Gasteiger partial charge in [0.15, 0.2) is 6.10 Å². The molecule has 0 unspecified atom stereocenters. The van der Waals surface area contributed by atoms with Crippen LogP contribution in [0.4, 0.5) is 0 Å². The summed E-state index contributed by atoms with van der Waals surface area (Å²) < 4.78 is 12.1. The Balaban J connectivity index is 1.83. The molecule has 0 aliphatic carbocycles. The molecule has 0 N–H and O–H groups in total. The molecule has 1 aliphatic heterocycles. The van der Waals surface area contributed by atoms with E-state index in [9.17, 15) is 14.4 Å². The van der Waals surface area contributed by atoms with Gasteiger partial charge in [-0.2, -0.15) is 0 Å². The van der Waals surface area contributed by atoms with Crippen LogP contribution in [0, 0.1) is 0 Å². The molecule has 1 atom stereocenters. The molecule has 2 aromatic rings. The fraction of sp³-hybridized carbons (Fsp3) is 0.476. The third kappa shape index (κ3) is 4.35. The Kier molecular flexibility index (Phi) is 6.34. The van der Waals surface area contributed by atoms with Crippen LogP contribution in [0.15, 0.2) is 35.3 Å². The van der Waals surface area contributed by atoms with Gasteiger partial charge in [-0.05, 0) is 51.3 Å². The SMILES string of the molecule is CCOC(=O)[C@@H](C)Oc1cccc2c(=O)n(CC(=O)N3CCCCC3)ccc12. The summed E-state index contributed by atoms with van der Waals surface area (Å²) in [5.41, 5.74) is -0.253. The number of ether oxygens (including phenoxy) is 2. The number of pyridine rings is 1. The van der Waals surface area contributed by atoms with E-state index in [1.165, 1.54) is 4.57 Å². The molecule has 7 nitrogen and oxygen atoms in total. The summed E-state index contributed by atoms with van der Waals surface area (Å²) in [5.74, 6) is -0.0610. The minimum absolute atomic E-state index is 0.0269. The topological polar surface area (TPSA) is 77.8 Å². The smallest absolute Gasteiger partial charge is 0.347 e. The van der Waals surface area contributed by atoms with Crippen molar-refractivity contribution in [3.8, 4) is 5.75 Å². The monoisotopic (exact) mass is 386 g/mol. The Bertz CT molecular complexity index is 915. The minimum Gasteiger partial charge on any atom is -0.478 e. The second-order valence-corrected chi connectivity index (χ2v) is 6.92. The predicted octanol–water partition coefficient (Wildman–Crippen LogP) is 2.34. The van der Waals surface area contributed by atoms with Crippen LogP contribution in [0.1, 0.15) is 33.1 Å². The first-order chi connectivity index (χ1) is 13.5. The number of hydrogen-bond acceptors (Lipinski definition) is 5. The molecular weight excluding hydrogens is 360 g/mol. The fourth-order valence-electron chi connectivity index (χ4n) is 3.40. The number of aromatic nitrogens is 1. The lowest BCUT2D eigenvalue weighted by atomic mass is 10.1. The van der Waals surface area contributed by atoms with Crippen LogP contribution < -0.4 is 10.3 Å². The number of fused-ring (bicyclic) bond motifs is 1. The first-order valence-electron chi connectivity index (χ1n) is 9.74. The molecule has 0 spiro atoms. The summed E-state index contributed by atoms with van der Waals surface area (Å²) in [7, 11) is 0. The van der Waals surface area contributed by atoms with E-state index in [1.54, 1.807) is 44.3 Å². The quantitative estimate of drug-likeness (QED) is 0.712. The average Bonchev–Trinajstić information content (AvgIpc) is 2.71. The van der Waals surface area contributed by atoms with Crippen molar-refractivity contribution < 1.29 is 19.1 Å². The van der Waals surface area contributed by atoms with Crippen molar-refractivity contribution in [2.75, 3.05) is 19.7 Å². The first kappa shape index (κ1) is 19.9. The van der Waals surface area contributed by atoms with Gasteiger partial charge < -0.3 is 18.9 Å². The maximum Gasteiger partial charge on any atom is 0.347 e. The van der Waals surface area contributed by atoms with Gasteiger partial charge in [0.25, 0.3) is 5.56 Å². The normalized spacial score (nSPS) is 15.3. The molecule has 1 amide bonds. The zero-order valence-electron chi connectivity index (χ0n) is 16.3. The third-order valence-electron chi connectivity index (χ3n) is 4.92. The van der Waals surface area contributed by atoms with Gasteiger partial charge in [-0.25, -0.2) is 4.79 Å². The third-order valence-corrected chi connectivity index (χ3v) is 4.92. The summed E-state index contributed by atoms with van der Waals surface area (Å²) in [6.07, 6.45) is 3.99. The van der Waals surface area contributed by atoms with Crippen molar-refractivity contribution in [2.45, 2.75) is 45.8 Å². The predicted molar refractivity (Wildman–Crippen MR) is 105 cm³/mol. The molecular formula is C21H26N2O5. The molecule has 1 aliphatic rings. The molecule has 0 saturated carbocycles. The van der Waals surface area contributed by atoms with Crippen molar-refractivity contribution >= 4 is 22.6 Å². The standard InChI is InChI=1S/C21H26N2O5/c1-3-27-21(26)15(2)28-18-9-7-8-17-16(18)10-13-23(20(17)25)14-19(24)22-11-5-4-6-12-22/h7-10,13,15H,3-6,11-12,14H2,1-2H3/t15-/m1/s1. The highest BCUT2D eigenvalue weighted by Gasteiger charge is 2.19. The Morgan fingerprint density at radius 2 is 1.86 bits per heavy atom. The van der Waals surface area contributed by atoms with E-state index in [0.717, 1.165) is 32.4 Å². The highest BCUT2D eigenvalue weighted by Crippen LogP contribution is 2.24. The number of carbonyl (C=O) groups is 2. The lowest BCUT2D eigenvalue weighted by molar-refractivity contribution is -0.150. The van der Waals surface area contributed by atoms with E-state index in [0.29, 0.717) is 16.5 Å². The van der Waals surface area contributed by atoms with Crippen molar-refractivity contribution in [3.63, 3.8) is 0 Å². The molecule has 28 heavy (non-hydrogen) atoms. The highest BCUT2D eigenvalue weighted by molar-refractivity contribution is 5.88. The number of piperidine rings is 1. The van der Waals surface area contributed by atoms with Crippen LogP contribution in [0.2, 0.25) is 0 Å². The average molecular weight is 386 g/mol. The maximum absolute atomic E-state index is 12.9. The molecule has 7 heteroatoms. The zero-order chi connectivity index (χ0) is 20.1. The van der Waals surface area contributed by atoms with E-state index in [4.69, 9.17) is 9.47 Å². The summed E-state index contributed by atoms with van der Waals surface area (Å²) in [6.45, 7) is 5.15. The Morgan fingerprint density at radius 3 is 2.57 bits per heavy atom. The molecule has 150 valence electrons. The Labute approximate surface area is 163 Å². The summed E-state index contributed by atoms with van der Waals surface area (Å²) in [4.78, 5) is 39.0. The van der Waals surface area contributed by atoms with E-state index < -0.39 is 12.1 Å². The number of nitrogens with zero attached hydrogens (tertiary/aromatic N) is 2. The number of likely N-dealkylation sites (tertiary alicyclic amines) is 1. The van der Waals surface area contributed by atoms with Crippen LogP contribution >= 0.6 is 0 Å². The number of carbonyl (C=O) groups excluding carboxylic acids is 2.